The molecule has 1 atom stereocenters. The van der Waals surface area contributed by atoms with Crippen molar-refractivity contribution in [3.63, 3.8) is 0 Å². The lowest BCUT2D eigenvalue weighted by atomic mass is 9.81. The lowest BCUT2D eigenvalue weighted by Gasteiger charge is -2.24. The fourth-order valence-corrected chi connectivity index (χ4v) is 7.73. The molecule has 2 aromatic carbocycles. The zero-order valence-electron chi connectivity index (χ0n) is 22.8. The molecule has 14 heteroatoms. The number of aromatic nitrogens is 1. The van der Waals surface area contributed by atoms with Crippen molar-refractivity contribution in [2.75, 3.05) is 26.2 Å². The summed E-state index contributed by atoms with van der Waals surface area (Å²) in [5, 5.41) is 3.71. The molecular formula is C28H31F5N4O3S2. The van der Waals surface area contributed by atoms with Gasteiger partial charge in [-0.05, 0) is 30.7 Å². The van der Waals surface area contributed by atoms with Gasteiger partial charge in [0.05, 0.1) is 22.0 Å². The fourth-order valence-electron chi connectivity index (χ4n) is 5.24. The van der Waals surface area contributed by atoms with E-state index in [-0.39, 0.29) is 47.9 Å². The van der Waals surface area contributed by atoms with Crippen LogP contribution in [0, 0.1) is 5.92 Å². The number of benzene rings is 2. The van der Waals surface area contributed by atoms with Crippen LogP contribution in [0.4, 0.5) is 22.0 Å². The van der Waals surface area contributed by atoms with Gasteiger partial charge in [0.1, 0.15) is 6.04 Å². The molecule has 1 saturated carbocycles. The summed E-state index contributed by atoms with van der Waals surface area (Å²) in [6.45, 7) is 1.14. The Bertz CT molecular complexity index is 1570. The number of alkyl halides is 5. The molecule has 1 aromatic heterocycles. The Morgan fingerprint density at radius 1 is 1.17 bits per heavy atom. The molecule has 5 rings (SSSR count). The van der Waals surface area contributed by atoms with Gasteiger partial charge in [-0.25, -0.2) is 22.2 Å². The van der Waals surface area contributed by atoms with Crippen molar-refractivity contribution in [1.29, 1.82) is 0 Å². The Hall–Kier alpha value is -2.68. The van der Waals surface area contributed by atoms with Crippen LogP contribution in [-0.2, 0) is 16.4 Å². The predicted molar refractivity (Wildman–Crippen MR) is 150 cm³/mol. The van der Waals surface area contributed by atoms with Crippen molar-refractivity contribution < 1.29 is 35.2 Å². The summed E-state index contributed by atoms with van der Waals surface area (Å²) >= 11 is 1.15. The van der Waals surface area contributed by atoms with Crippen LogP contribution < -0.4 is 10.0 Å². The Morgan fingerprint density at radius 3 is 2.50 bits per heavy atom. The molecule has 2 aliphatic rings. The smallest absolute Gasteiger partial charge is 0.349 e. The number of halogens is 5. The van der Waals surface area contributed by atoms with Crippen molar-refractivity contribution in [2.24, 2.45) is 5.92 Å². The topological polar surface area (TPSA) is 91.4 Å². The summed E-state index contributed by atoms with van der Waals surface area (Å²) in [5.74, 6) is -2.74. The van der Waals surface area contributed by atoms with Gasteiger partial charge in [0.2, 0.25) is 10.0 Å². The van der Waals surface area contributed by atoms with Gasteiger partial charge in [-0.2, -0.15) is 17.9 Å². The molecule has 1 aliphatic heterocycles. The molecule has 2 heterocycles. The highest BCUT2D eigenvalue weighted by Crippen LogP contribution is 2.40. The standard InChI is InChI=1S/C28H31F5N4O3S2/c1-17(28(31,32)33)36-42(39,40)23-10-9-21(19-7-2-3-8-20(19)23)24-22(15-18-5-4-6-18)35-26(41-24)25(38)34-12-14-37-13-11-27(29,30)16-37/h2-3,7-10,17-18,36H,4-6,11-16H2,1H3,(H,34,38)/t17-/m0/s1. The lowest BCUT2D eigenvalue weighted by molar-refractivity contribution is -0.147. The summed E-state index contributed by atoms with van der Waals surface area (Å²) < 4.78 is 94.1. The van der Waals surface area contributed by atoms with Crippen LogP contribution in [0.3, 0.4) is 0 Å². The normalized spacial score (nSPS) is 18.7. The molecule has 1 amide bonds. The van der Waals surface area contributed by atoms with Crippen LogP contribution in [-0.4, -0.2) is 68.5 Å². The van der Waals surface area contributed by atoms with Crippen molar-refractivity contribution in [2.45, 2.75) is 62.1 Å². The van der Waals surface area contributed by atoms with E-state index in [0.717, 1.165) is 37.5 Å². The van der Waals surface area contributed by atoms with Gasteiger partial charge in [0.25, 0.3) is 11.8 Å². The zero-order chi connectivity index (χ0) is 30.3. The third-order valence-corrected chi connectivity index (χ3v) is 10.5. The number of thiazole rings is 1. The maximum absolute atomic E-state index is 13.5. The van der Waals surface area contributed by atoms with Crippen LogP contribution >= 0.6 is 11.3 Å². The van der Waals surface area contributed by atoms with Gasteiger partial charge in [0, 0.05) is 37.0 Å². The Morgan fingerprint density at radius 2 is 1.88 bits per heavy atom. The average Bonchev–Trinajstić information content (AvgIpc) is 3.47. The molecular weight excluding hydrogens is 599 g/mol. The number of nitrogens with one attached hydrogen (secondary N) is 2. The highest BCUT2D eigenvalue weighted by molar-refractivity contribution is 7.89. The van der Waals surface area contributed by atoms with Gasteiger partial charge in [-0.15, -0.1) is 11.3 Å². The van der Waals surface area contributed by atoms with Crippen LogP contribution in [0.25, 0.3) is 21.2 Å². The molecule has 2 fully saturated rings. The van der Waals surface area contributed by atoms with Crippen LogP contribution in [0.2, 0.25) is 0 Å². The number of carbonyl (C=O) groups is 1. The van der Waals surface area contributed by atoms with Gasteiger partial charge >= 0.3 is 6.18 Å². The minimum Gasteiger partial charge on any atom is -0.349 e. The van der Waals surface area contributed by atoms with E-state index in [1.807, 2.05) is 0 Å². The number of hydrogen-bond acceptors (Lipinski definition) is 6. The number of fused-ring (bicyclic) bond motifs is 1. The first-order valence-corrected chi connectivity index (χ1v) is 16.0. The van der Waals surface area contributed by atoms with E-state index in [4.69, 9.17) is 0 Å². The molecule has 0 unspecified atom stereocenters. The molecule has 228 valence electrons. The van der Waals surface area contributed by atoms with E-state index in [0.29, 0.717) is 33.9 Å². The highest BCUT2D eigenvalue weighted by Gasteiger charge is 2.40. The van der Waals surface area contributed by atoms with E-state index in [1.54, 1.807) is 33.9 Å². The molecule has 0 bridgehead atoms. The van der Waals surface area contributed by atoms with Crippen LogP contribution in [0.1, 0.15) is 48.1 Å². The first-order valence-electron chi connectivity index (χ1n) is 13.7. The maximum atomic E-state index is 13.5. The molecule has 1 aliphatic carbocycles. The molecule has 42 heavy (non-hydrogen) atoms. The maximum Gasteiger partial charge on any atom is 0.404 e. The quantitative estimate of drug-likeness (QED) is 0.285. The van der Waals surface area contributed by atoms with Gasteiger partial charge in [-0.3, -0.25) is 9.69 Å². The number of amides is 1. The Balaban J connectivity index is 1.44. The molecule has 3 aromatic rings. The SMILES string of the molecule is C[C@H](NS(=O)(=O)c1ccc(-c2sc(C(=O)NCCN3CCC(F)(F)C3)nc2CC2CCC2)c2ccccc12)C(F)(F)F. The third kappa shape index (κ3) is 6.76. The molecule has 1 saturated heterocycles. The Labute approximate surface area is 244 Å². The summed E-state index contributed by atoms with van der Waals surface area (Å²) in [5.41, 5.74) is 1.32. The number of sulfonamides is 1. The van der Waals surface area contributed by atoms with E-state index in [9.17, 15) is 35.2 Å². The molecule has 7 nitrogen and oxygen atoms in total. The molecule has 0 spiro atoms. The number of nitrogens with zero attached hydrogens (tertiary/aromatic N) is 2. The van der Waals surface area contributed by atoms with E-state index in [1.165, 1.54) is 12.1 Å². The minimum absolute atomic E-state index is 0.181. The summed E-state index contributed by atoms with van der Waals surface area (Å²) in [6.07, 6.45) is -1.17. The van der Waals surface area contributed by atoms with Crippen LogP contribution in [0.15, 0.2) is 41.3 Å². The first-order chi connectivity index (χ1) is 19.7. The van der Waals surface area contributed by atoms with E-state index < -0.39 is 34.1 Å². The zero-order valence-corrected chi connectivity index (χ0v) is 24.4. The first kappa shape index (κ1) is 30.8. The van der Waals surface area contributed by atoms with Crippen molar-refractivity contribution >= 4 is 38.0 Å². The van der Waals surface area contributed by atoms with Gasteiger partial charge in [0.15, 0.2) is 5.01 Å². The number of rotatable bonds is 10. The number of hydrogen-bond donors (Lipinski definition) is 2. The van der Waals surface area contributed by atoms with Crippen molar-refractivity contribution in [1.82, 2.24) is 19.9 Å². The minimum atomic E-state index is -4.75. The van der Waals surface area contributed by atoms with Crippen molar-refractivity contribution in [3.8, 4) is 10.4 Å². The molecule has 2 N–H and O–H groups in total. The van der Waals surface area contributed by atoms with Crippen LogP contribution in [0.5, 0.6) is 0 Å². The van der Waals surface area contributed by atoms with E-state index >= 15 is 0 Å². The van der Waals surface area contributed by atoms with Gasteiger partial charge < -0.3 is 5.32 Å². The third-order valence-electron chi connectivity index (χ3n) is 7.80. The monoisotopic (exact) mass is 630 g/mol. The summed E-state index contributed by atoms with van der Waals surface area (Å²) in [6, 6.07) is 7.08. The predicted octanol–water partition coefficient (Wildman–Crippen LogP) is 5.61. The second-order valence-electron chi connectivity index (χ2n) is 11.0. The van der Waals surface area contributed by atoms with Gasteiger partial charge in [-0.1, -0.05) is 49.6 Å². The second-order valence-corrected chi connectivity index (χ2v) is 13.7. The highest BCUT2D eigenvalue weighted by atomic mass is 32.2. The lowest BCUT2D eigenvalue weighted by Crippen LogP contribution is -2.43. The second kappa shape index (κ2) is 11.8. The van der Waals surface area contributed by atoms with E-state index in [2.05, 4.69) is 10.3 Å². The summed E-state index contributed by atoms with van der Waals surface area (Å²) in [4.78, 5) is 19.7. The molecule has 0 radical (unpaired) electrons. The Kier molecular flexibility index (Phi) is 8.63. The largest absolute Gasteiger partial charge is 0.404 e. The number of carbonyl (C=O) groups excluding carboxylic acids is 1. The van der Waals surface area contributed by atoms with Crippen molar-refractivity contribution in [3.05, 3.63) is 47.1 Å². The number of likely N-dealkylation sites (tertiary alicyclic amines) is 1. The summed E-state index contributed by atoms with van der Waals surface area (Å²) in [7, 11) is -4.52. The fraction of sp³-hybridized carbons (Fsp3) is 0.500. The average molecular weight is 631 g/mol.